The SMILES string of the molecule is COc1ccc(CCNC(=O)CSc2nncn2-c2ccc(OC)cc2)cc1. The molecule has 1 heterocycles. The van der Waals surface area contributed by atoms with Crippen LogP contribution in [0.4, 0.5) is 0 Å². The number of carbonyl (C=O) groups excluding carboxylic acids is 1. The minimum atomic E-state index is -0.0391. The zero-order valence-corrected chi connectivity index (χ0v) is 16.6. The molecule has 0 bridgehead atoms. The van der Waals surface area contributed by atoms with Gasteiger partial charge in [-0.1, -0.05) is 23.9 Å². The molecule has 8 heteroatoms. The van der Waals surface area contributed by atoms with E-state index in [2.05, 4.69) is 15.5 Å². The second-order valence-corrected chi connectivity index (χ2v) is 6.86. The van der Waals surface area contributed by atoms with Crippen LogP contribution in [0, 0.1) is 0 Å². The van der Waals surface area contributed by atoms with Crippen LogP contribution in [-0.2, 0) is 11.2 Å². The van der Waals surface area contributed by atoms with Crippen molar-refractivity contribution in [1.29, 1.82) is 0 Å². The molecule has 7 nitrogen and oxygen atoms in total. The average molecular weight is 398 g/mol. The number of benzene rings is 2. The van der Waals surface area contributed by atoms with Crippen LogP contribution >= 0.6 is 11.8 Å². The molecule has 0 aliphatic carbocycles. The molecule has 0 saturated carbocycles. The van der Waals surface area contributed by atoms with Gasteiger partial charge in [-0.3, -0.25) is 9.36 Å². The summed E-state index contributed by atoms with van der Waals surface area (Å²) in [5.74, 6) is 1.84. The molecular formula is C20H22N4O3S. The molecule has 0 unspecified atom stereocenters. The van der Waals surface area contributed by atoms with E-state index in [-0.39, 0.29) is 11.7 Å². The lowest BCUT2D eigenvalue weighted by molar-refractivity contribution is -0.118. The molecule has 0 saturated heterocycles. The van der Waals surface area contributed by atoms with Crippen molar-refractivity contribution in [2.24, 2.45) is 0 Å². The predicted octanol–water partition coefficient (Wildman–Crippen LogP) is 2.74. The number of aromatic nitrogens is 3. The first-order valence-corrected chi connectivity index (χ1v) is 9.75. The van der Waals surface area contributed by atoms with Crippen molar-refractivity contribution in [3.8, 4) is 17.2 Å². The lowest BCUT2D eigenvalue weighted by atomic mass is 10.1. The molecular weight excluding hydrogens is 376 g/mol. The third-order valence-corrected chi connectivity index (χ3v) is 5.04. The summed E-state index contributed by atoms with van der Waals surface area (Å²) in [6.07, 6.45) is 2.40. The van der Waals surface area contributed by atoms with Gasteiger partial charge in [0.25, 0.3) is 0 Å². The van der Waals surface area contributed by atoms with Crippen molar-refractivity contribution in [2.45, 2.75) is 11.6 Å². The number of hydrogen-bond acceptors (Lipinski definition) is 6. The number of hydrogen-bond donors (Lipinski definition) is 1. The van der Waals surface area contributed by atoms with Crippen molar-refractivity contribution in [1.82, 2.24) is 20.1 Å². The summed E-state index contributed by atoms with van der Waals surface area (Å²) in [5, 5.41) is 11.7. The molecule has 0 radical (unpaired) electrons. The molecule has 0 fully saturated rings. The Balaban J connectivity index is 1.47. The zero-order valence-electron chi connectivity index (χ0n) is 15.8. The molecule has 0 atom stereocenters. The summed E-state index contributed by atoms with van der Waals surface area (Å²) in [6.45, 7) is 0.580. The van der Waals surface area contributed by atoms with E-state index in [4.69, 9.17) is 9.47 Å². The van der Waals surface area contributed by atoms with E-state index in [9.17, 15) is 4.79 Å². The van der Waals surface area contributed by atoms with Gasteiger partial charge in [0.05, 0.1) is 20.0 Å². The van der Waals surface area contributed by atoms with Gasteiger partial charge in [-0.05, 0) is 48.4 Å². The molecule has 1 aromatic heterocycles. The molecule has 0 spiro atoms. The van der Waals surface area contributed by atoms with E-state index >= 15 is 0 Å². The molecule has 2 aromatic carbocycles. The standard InChI is InChI=1S/C20H22N4O3S/c1-26-17-7-3-15(4-8-17)11-12-21-19(25)13-28-20-23-22-14-24(20)16-5-9-18(27-2)10-6-16/h3-10,14H,11-13H2,1-2H3,(H,21,25). The number of ether oxygens (including phenoxy) is 2. The molecule has 1 amide bonds. The Bertz CT molecular complexity index is 895. The highest BCUT2D eigenvalue weighted by Gasteiger charge is 2.10. The largest absolute Gasteiger partial charge is 0.497 e. The second kappa shape index (κ2) is 9.80. The lowest BCUT2D eigenvalue weighted by Gasteiger charge is -2.08. The van der Waals surface area contributed by atoms with Crippen LogP contribution in [0.5, 0.6) is 11.5 Å². The number of amides is 1. The summed E-state index contributed by atoms with van der Waals surface area (Å²) >= 11 is 1.35. The van der Waals surface area contributed by atoms with Gasteiger partial charge in [0.2, 0.25) is 5.91 Å². The van der Waals surface area contributed by atoms with Crippen molar-refractivity contribution < 1.29 is 14.3 Å². The van der Waals surface area contributed by atoms with Crippen LogP contribution in [0.15, 0.2) is 60.0 Å². The van der Waals surface area contributed by atoms with Crippen LogP contribution in [0.1, 0.15) is 5.56 Å². The van der Waals surface area contributed by atoms with Gasteiger partial charge in [-0.25, -0.2) is 0 Å². The van der Waals surface area contributed by atoms with E-state index in [1.165, 1.54) is 11.8 Å². The fourth-order valence-electron chi connectivity index (χ4n) is 2.56. The third kappa shape index (κ3) is 5.26. The van der Waals surface area contributed by atoms with Crippen LogP contribution < -0.4 is 14.8 Å². The first kappa shape index (κ1) is 19.8. The number of rotatable bonds is 9. The van der Waals surface area contributed by atoms with Crippen molar-refractivity contribution >= 4 is 17.7 Å². The van der Waals surface area contributed by atoms with Crippen LogP contribution in [0.25, 0.3) is 5.69 Å². The first-order valence-electron chi connectivity index (χ1n) is 8.76. The van der Waals surface area contributed by atoms with Crippen LogP contribution in [0.3, 0.4) is 0 Å². The molecule has 0 aliphatic rings. The Kier molecular flexibility index (Phi) is 6.91. The van der Waals surface area contributed by atoms with Crippen LogP contribution in [-0.4, -0.2) is 47.2 Å². The van der Waals surface area contributed by atoms with Gasteiger partial charge in [0.1, 0.15) is 17.8 Å². The van der Waals surface area contributed by atoms with Crippen LogP contribution in [0.2, 0.25) is 0 Å². The number of thioether (sulfide) groups is 1. The Morgan fingerprint density at radius 3 is 2.32 bits per heavy atom. The smallest absolute Gasteiger partial charge is 0.230 e. The quantitative estimate of drug-likeness (QED) is 0.559. The number of nitrogens with one attached hydrogen (secondary N) is 1. The van der Waals surface area contributed by atoms with Gasteiger partial charge in [-0.15, -0.1) is 10.2 Å². The molecule has 0 aliphatic heterocycles. The highest BCUT2D eigenvalue weighted by atomic mass is 32.2. The maximum Gasteiger partial charge on any atom is 0.230 e. The van der Waals surface area contributed by atoms with Gasteiger partial charge >= 0.3 is 0 Å². The van der Waals surface area contributed by atoms with Crippen molar-refractivity contribution in [3.63, 3.8) is 0 Å². The highest BCUT2D eigenvalue weighted by Crippen LogP contribution is 2.21. The molecule has 146 valence electrons. The maximum absolute atomic E-state index is 12.1. The summed E-state index contributed by atoms with van der Waals surface area (Å²) in [7, 11) is 3.27. The molecule has 28 heavy (non-hydrogen) atoms. The van der Waals surface area contributed by atoms with Crippen molar-refractivity contribution in [3.05, 3.63) is 60.4 Å². The van der Waals surface area contributed by atoms with Gasteiger partial charge in [0.15, 0.2) is 5.16 Å². The number of carbonyl (C=O) groups is 1. The van der Waals surface area contributed by atoms with E-state index in [1.807, 2.05) is 53.1 Å². The van der Waals surface area contributed by atoms with Crippen molar-refractivity contribution in [2.75, 3.05) is 26.5 Å². The summed E-state index contributed by atoms with van der Waals surface area (Å²) < 4.78 is 12.2. The second-order valence-electron chi connectivity index (χ2n) is 5.92. The Labute approximate surface area is 168 Å². The predicted molar refractivity (Wildman–Crippen MR) is 108 cm³/mol. The van der Waals surface area contributed by atoms with Gasteiger partial charge in [0, 0.05) is 12.2 Å². The number of methoxy groups -OCH3 is 2. The van der Waals surface area contributed by atoms with E-state index in [1.54, 1.807) is 20.5 Å². The minimum absolute atomic E-state index is 0.0391. The van der Waals surface area contributed by atoms with Gasteiger partial charge in [-0.2, -0.15) is 0 Å². The van der Waals surface area contributed by atoms with Gasteiger partial charge < -0.3 is 14.8 Å². The maximum atomic E-state index is 12.1. The average Bonchev–Trinajstić information content (AvgIpc) is 3.21. The third-order valence-electron chi connectivity index (χ3n) is 4.09. The molecule has 3 rings (SSSR count). The molecule has 3 aromatic rings. The van der Waals surface area contributed by atoms with E-state index in [0.717, 1.165) is 29.2 Å². The number of nitrogens with zero attached hydrogens (tertiary/aromatic N) is 3. The highest BCUT2D eigenvalue weighted by molar-refractivity contribution is 7.99. The van der Waals surface area contributed by atoms with E-state index in [0.29, 0.717) is 11.7 Å². The Hall–Kier alpha value is -3.00. The minimum Gasteiger partial charge on any atom is -0.497 e. The summed E-state index contributed by atoms with van der Waals surface area (Å²) in [5.41, 5.74) is 2.06. The zero-order chi connectivity index (χ0) is 19.8. The Morgan fingerprint density at radius 1 is 1.04 bits per heavy atom. The normalized spacial score (nSPS) is 10.5. The fourth-order valence-corrected chi connectivity index (χ4v) is 3.32. The lowest BCUT2D eigenvalue weighted by Crippen LogP contribution is -2.27. The van der Waals surface area contributed by atoms with E-state index < -0.39 is 0 Å². The first-order chi connectivity index (χ1) is 13.7. The fraction of sp³-hybridized carbons (Fsp3) is 0.250. The summed E-state index contributed by atoms with van der Waals surface area (Å²) in [4.78, 5) is 12.1. The summed E-state index contributed by atoms with van der Waals surface area (Å²) in [6, 6.07) is 15.4. The monoisotopic (exact) mass is 398 g/mol. The molecule has 1 N–H and O–H groups in total. The Morgan fingerprint density at radius 2 is 1.68 bits per heavy atom. The topological polar surface area (TPSA) is 78.3 Å².